The Morgan fingerprint density at radius 1 is 0.889 bits per heavy atom. The molecule has 0 bridgehead atoms. The van der Waals surface area contributed by atoms with Gasteiger partial charge in [-0.05, 0) is 19.3 Å². The standard InChI is InChI=1S/C16H28O2/c1-3-4-5-6-7-8-9-10-14-11-15(17)13(2)16(18)12-14/h13-14H,3-12H2,1-2H3. The zero-order chi connectivity index (χ0) is 13.4. The van der Waals surface area contributed by atoms with Crippen molar-refractivity contribution in [3.05, 3.63) is 0 Å². The van der Waals surface area contributed by atoms with Crippen molar-refractivity contribution in [2.45, 2.75) is 78.1 Å². The van der Waals surface area contributed by atoms with Gasteiger partial charge < -0.3 is 0 Å². The van der Waals surface area contributed by atoms with Crippen LogP contribution in [0.2, 0.25) is 0 Å². The van der Waals surface area contributed by atoms with E-state index in [9.17, 15) is 9.59 Å². The summed E-state index contributed by atoms with van der Waals surface area (Å²) in [7, 11) is 0. The third-order valence-corrected chi connectivity index (χ3v) is 4.16. The van der Waals surface area contributed by atoms with Gasteiger partial charge in [-0.1, -0.05) is 51.9 Å². The monoisotopic (exact) mass is 252 g/mol. The third kappa shape index (κ3) is 5.32. The van der Waals surface area contributed by atoms with Crippen LogP contribution in [0.25, 0.3) is 0 Å². The zero-order valence-electron chi connectivity index (χ0n) is 12.0. The summed E-state index contributed by atoms with van der Waals surface area (Å²) in [4.78, 5) is 23.2. The van der Waals surface area contributed by atoms with E-state index in [0.717, 1.165) is 6.42 Å². The highest BCUT2D eigenvalue weighted by Gasteiger charge is 2.31. The van der Waals surface area contributed by atoms with Crippen LogP contribution in [0.4, 0.5) is 0 Å². The van der Waals surface area contributed by atoms with E-state index in [4.69, 9.17) is 0 Å². The summed E-state index contributed by atoms with van der Waals surface area (Å²) in [5, 5.41) is 0. The summed E-state index contributed by atoms with van der Waals surface area (Å²) in [6.07, 6.45) is 11.5. The van der Waals surface area contributed by atoms with Crippen LogP contribution in [0, 0.1) is 11.8 Å². The summed E-state index contributed by atoms with van der Waals surface area (Å²) < 4.78 is 0. The molecule has 1 fully saturated rings. The summed E-state index contributed by atoms with van der Waals surface area (Å²) >= 11 is 0. The second-order valence-corrected chi connectivity index (χ2v) is 5.84. The third-order valence-electron chi connectivity index (χ3n) is 4.16. The lowest BCUT2D eigenvalue weighted by Crippen LogP contribution is -2.31. The molecule has 0 radical (unpaired) electrons. The van der Waals surface area contributed by atoms with E-state index >= 15 is 0 Å². The first kappa shape index (κ1) is 15.4. The minimum absolute atomic E-state index is 0.166. The quantitative estimate of drug-likeness (QED) is 0.476. The minimum atomic E-state index is -0.324. The number of Topliss-reactive ketones (excluding diaryl/α,β-unsaturated/α-hetero) is 2. The minimum Gasteiger partial charge on any atom is -0.299 e. The van der Waals surface area contributed by atoms with Gasteiger partial charge in [-0.15, -0.1) is 0 Å². The number of rotatable bonds is 8. The van der Waals surface area contributed by atoms with Crippen LogP contribution in [-0.4, -0.2) is 11.6 Å². The van der Waals surface area contributed by atoms with Crippen molar-refractivity contribution in [2.24, 2.45) is 11.8 Å². The summed E-state index contributed by atoms with van der Waals surface area (Å²) in [6, 6.07) is 0. The van der Waals surface area contributed by atoms with Gasteiger partial charge in [0, 0.05) is 12.8 Å². The molecule has 2 heteroatoms. The highest BCUT2D eigenvalue weighted by atomic mass is 16.2. The van der Waals surface area contributed by atoms with E-state index in [1.165, 1.54) is 44.9 Å². The zero-order valence-corrected chi connectivity index (χ0v) is 12.0. The molecule has 1 saturated carbocycles. The molecular weight excluding hydrogens is 224 g/mol. The molecule has 0 saturated heterocycles. The lowest BCUT2D eigenvalue weighted by atomic mass is 9.79. The summed E-state index contributed by atoms with van der Waals surface area (Å²) in [5.74, 6) is 0.352. The molecular formula is C16H28O2. The number of carbonyl (C=O) groups is 2. The van der Waals surface area contributed by atoms with Gasteiger partial charge in [-0.2, -0.15) is 0 Å². The van der Waals surface area contributed by atoms with Crippen molar-refractivity contribution >= 4 is 11.6 Å². The molecule has 0 unspecified atom stereocenters. The second kappa shape index (κ2) is 8.44. The molecule has 0 amide bonds. The van der Waals surface area contributed by atoms with E-state index in [0.29, 0.717) is 18.8 Å². The Hall–Kier alpha value is -0.660. The highest BCUT2D eigenvalue weighted by Crippen LogP contribution is 2.27. The van der Waals surface area contributed by atoms with Crippen molar-refractivity contribution in [3.8, 4) is 0 Å². The van der Waals surface area contributed by atoms with Crippen LogP contribution >= 0.6 is 0 Å². The Labute approximate surface area is 112 Å². The molecule has 0 heterocycles. The van der Waals surface area contributed by atoms with Gasteiger partial charge in [0.25, 0.3) is 0 Å². The molecule has 0 atom stereocenters. The fraction of sp³-hybridized carbons (Fsp3) is 0.875. The van der Waals surface area contributed by atoms with Gasteiger partial charge in [-0.3, -0.25) is 9.59 Å². The first-order valence-electron chi connectivity index (χ1n) is 7.70. The van der Waals surface area contributed by atoms with Gasteiger partial charge >= 0.3 is 0 Å². The lowest BCUT2D eigenvalue weighted by molar-refractivity contribution is -0.136. The molecule has 2 nitrogen and oxygen atoms in total. The number of ketones is 2. The molecule has 0 aromatic heterocycles. The van der Waals surface area contributed by atoms with Crippen LogP contribution < -0.4 is 0 Å². The van der Waals surface area contributed by atoms with Gasteiger partial charge in [-0.25, -0.2) is 0 Å². The lowest BCUT2D eigenvalue weighted by Gasteiger charge is -2.23. The molecule has 1 aliphatic rings. The summed E-state index contributed by atoms with van der Waals surface area (Å²) in [6.45, 7) is 3.99. The van der Waals surface area contributed by atoms with Gasteiger partial charge in [0.2, 0.25) is 0 Å². The first-order chi connectivity index (χ1) is 8.65. The van der Waals surface area contributed by atoms with Crippen molar-refractivity contribution < 1.29 is 9.59 Å². The number of carbonyl (C=O) groups excluding carboxylic acids is 2. The molecule has 0 N–H and O–H groups in total. The van der Waals surface area contributed by atoms with Crippen molar-refractivity contribution in [2.75, 3.05) is 0 Å². The molecule has 0 aliphatic heterocycles. The maximum absolute atomic E-state index is 11.6. The smallest absolute Gasteiger partial charge is 0.143 e. The maximum Gasteiger partial charge on any atom is 0.143 e. The number of hydrogen-bond acceptors (Lipinski definition) is 2. The molecule has 1 rings (SSSR count). The van der Waals surface area contributed by atoms with Crippen LogP contribution in [0.15, 0.2) is 0 Å². The molecule has 1 aliphatic carbocycles. The molecule has 18 heavy (non-hydrogen) atoms. The fourth-order valence-electron chi connectivity index (χ4n) is 2.77. The van der Waals surface area contributed by atoms with Crippen molar-refractivity contribution in [3.63, 3.8) is 0 Å². The Morgan fingerprint density at radius 3 is 1.94 bits per heavy atom. The molecule has 0 aromatic carbocycles. The Kier molecular flexibility index (Phi) is 7.22. The second-order valence-electron chi connectivity index (χ2n) is 5.84. The SMILES string of the molecule is CCCCCCCCCC1CC(=O)C(C)C(=O)C1. The molecule has 0 spiro atoms. The number of hydrogen-bond donors (Lipinski definition) is 0. The molecule has 104 valence electrons. The Balaban J connectivity index is 2.06. The van der Waals surface area contributed by atoms with Crippen LogP contribution in [0.3, 0.4) is 0 Å². The molecule has 0 aromatic rings. The predicted octanol–water partition coefficient (Wildman–Crippen LogP) is 4.31. The predicted molar refractivity (Wildman–Crippen MR) is 74.5 cm³/mol. The van der Waals surface area contributed by atoms with Crippen LogP contribution in [0.5, 0.6) is 0 Å². The average molecular weight is 252 g/mol. The highest BCUT2D eigenvalue weighted by molar-refractivity contribution is 6.04. The largest absolute Gasteiger partial charge is 0.299 e. The van der Waals surface area contributed by atoms with E-state index in [-0.39, 0.29) is 17.5 Å². The Morgan fingerprint density at radius 2 is 1.39 bits per heavy atom. The Bertz CT molecular complexity index is 252. The van der Waals surface area contributed by atoms with Crippen LogP contribution in [-0.2, 0) is 9.59 Å². The van der Waals surface area contributed by atoms with Gasteiger partial charge in [0.05, 0.1) is 5.92 Å². The van der Waals surface area contributed by atoms with E-state index < -0.39 is 0 Å². The first-order valence-corrected chi connectivity index (χ1v) is 7.70. The average Bonchev–Trinajstić information content (AvgIpc) is 2.34. The topological polar surface area (TPSA) is 34.1 Å². The van der Waals surface area contributed by atoms with Gasteiger partial charge in [0.15, 0.2) is 0 Å². The van der Waals surface area contributed by atoms with E-state index in [1.54, 1.807) is 6.92 Å². The van der Waals surface area contributed by atoms with Gasteiger partial charge in [0.1, 0.15) is 11.6 Å². The fourth-order valence-corrected chi connectivity index (χ4v) is 2.77. The van der Waals surface area contributed by atoms with E-state index in [1.807, 2.05) is 0 Å². The normalized spacial score (nSPS) is 24.6. The van der Waals surface area contributed by atoms with Crippen molar-refractivity contribution in [1.82, 2.24) is 0 Å². The van der Waals surface area contributed by atoms with Crippen LogP contribution in [0.1, 0.15) is 78.1 Å². The van der Waals surface area contributed by atoms with Crippen molar-refractivity contribution in [1.29, 1.82) is 0 Å². The summed E-state index contributed by atoms with van der Waals surface area (Å²) in [5.41, 5.74) is 0. The number of unbranched alkanes of at least 4 members (excludes halogenated alkanes) is 6. The maximum atomic E-state index is 11.6. The van der Waals surface area contributed by atoms with E-state index in [2.05, 4.69) is 6.92 Å².